The summed E-state index contributed by atoms with van der Waals surface area (Å²) in [6, 6.07) is 2.39. The smallest absolute Gasteiger partial charge is 0.388 e. The topological polar surface area (TPSA) is 32.7 Å². The summed E-state index contributed by atoms with van der Waals surface area (Å²) in [5.41, 5.74) is -2.01. The van der Waals surface area contributed by atoms with Gasteiger partial charge in [0, 0.05) is 39.6 Å². The van der Waals surface area contributed by atoms with Gasteiger partial charge in [-0.2, -0.15) is 13.2 Å². The van der Waals surface area contributed by atoms with Gasteiger partial charge in [-0.05, 0) is 18.2 Å². The molecule has 0 saturated carbocycles. The highest BCUT2D eigenvalue weighted by Crippen LogP contribution is 2.32. The first-order valence-corrected chi connectivity index (χ1v) is 6.59. The van der Waals surface area contributed by atoms with Gasteiger partial charge in [0.25, 0.3) is 0 Å². The van der Waals surface area contributed by atoms with E-state index < -0.39 is 23.2 Å². The first kappa shape index (κ1) is 16.0. The molecule has 0 aromatic heterocycles. The van der Waals surface area contributed by atoms with Crippen LogP contribution in [0.4, 0.5) is 23.2 Å². The zero-order valence-corrected chi connectivity index (χ0v) is 11.6. The third-order valence-electron chi connectivity index (χ3n) is 3.64. The summed E-state index contributed by atoms with van der Waals surface area (Å²) in [4.78, 5) is 1.43. The van der Waals surface area contributed by atoms with Crippen molar-refractivity contribution < 1.29 is 27.4 Å². The number of likely N-dealkylation sites (N-methyl/N-ethyl adjacent to an activating group) is 1. The fraction of sp³-hybridized carbons (Fsp3) is 0.571. The first-order valence-electron chi connectivity index (χ1n) is 6.59. The third kappa shape index (κ3) is 3.85. The molecule has 1 aliphatic rings. The number of halogens is 4. The first-order chi connectivity index (χ1) is 9.71. The van der Waals surface area contributed by atoms with Crippen LogP contribution in [-0.4, -0.2) is 37.5 Å². The SMILES string of the molecule is CN(CC1(O)CCOCC1)c1ccc(C(F)(F)F)cc1F. The maximum atomic E-state index is 13.9. The van der Waals surface area contributed by atoms with Crippen molar-refractivity contribution in [2.24, 2.45) is 0 Å². The molecule has 1 N–H and O–H groups in total. The number of hydrogen-bond donors (Lipinski definition) is 1. The maximum Gasteiger partial charge on any atom is 0.416 e. The minimum absolute atomic E-state index is 0.0305. The van der Waals surface area contributed by atoms with Gasteiger partial charge >= 0.3 is 6.18 Å². The zero-order valence-electron chi connectivity index (χ0n) is 11.6. The number of anilines is 1. The molecule has 7 heteroatoms. The van der Waals surface area contributed by atoms with E-state index >= 15 is 0 Å². The Labute approximate surface area is 120 Å². The molecule has 2 rings (SSSR count). The predicted molar refractivity (Wildman–Crippen MR) is 69.7 cm³/mol. The molecule has 21 heavy (non-hydrogen) atoms. The summed E-state index contributed by atoms with van der Waals surface area (Å²) < 4.78 is 56.5. The van der Waals surface area contributed by atoms with E-state index in [-0.39, 0.29) is 12.2 Å². The highest BCUT2D eigenvalue weighted by atomic mass is 19.4. The van der Waals surface area contributed by atoms with Crippen molar-refractivity contribution in [3.63, 3.8) is 0 Å². The van der Waals surface area contributed by atoms with Gasteiger partial charge in [-0.1, -0.05) is 0 Å². The van der Waals surface area contributed by atoms with Crippen molar-refractivity contribution in [3.05, 3.63) is 29.6 Å². The fourth-order valence-corrected chi connectivity index (χ4v) is 2.43. The Morgan fingerprint density at radius 3 is 2.43 bits per heavy atom. The Morgan fingerprint density at radius 2 is 1.90 bits per heavy atom. The molecular formula is C14H17F4NO2. The molecule has 0 atom stereocenters. The second kappa shape index (κ2) is 5.81. The quantitative estimate of drug-likeness (QED) is 0.872. The average Bonchev–Trinajstić information content (AvgIpc) is 2.37. The molecule has 0 spiro atoms. The molecule has 1 heterocycles. The van der Waals surface area contributed by atoms with Gasteiger partial charge in [-0.25, -0.2) is 4.39 Å². The number of hydrogen-bond acceptors (Lipinski definition) is 3. The summed E-state index contributed by atoms with van der Waals surface area (Å²) in [6.07, 6.45) is -3.74. The maximum absolute atomic E-state index is 13.9. The Kier molecular flexibility index (Phi) is 4.43. The van der Waals surface area contributed by atoms with Crippen molar-refractivity contribution in [2.45, 2.75) is 24.6 Å². The molecule has 1 aromatic carbocycles. The Hall–Kier alpha value is -1.34. The van der Waals surface area contributed by atoms with Crippen LogP contribution >= 0.6 is 0 Å². The summed E-state index contributed by atoms with van der Waals surface area (Å²) in [5.74, 6) is -0.956. The molecule has 1 saturated heterocycles. The summed E-state index contributed by atoms with van der Waals surface area (Å²) >= 11 is 0. The molecule has 1 fully saturated rings. The summed E-state index contributed by atoms with van der Waals surface area (Å²) in [7, 11) is 1.54. The van der Waals surface area contributed by atoms with Crippen molar-refractivity contribution in [3.8, 4) is 0 Å². The van der Waals surface area contributed by atoms with Gasteiger partial charge in [-0.3, -0.25) is 0 Å². The predicted octanol–water partition coefficient (Wildman–Crippen LogP) is 2.82. The van der Waals surface area contributed by atoms with Crippen LogP contribution in [-0.2, 0) is 10.9 Å². The summed E-state index contributed by atoms with van der Waals surface area (Å²) in [6.45, 7) is 0.971. The second-order valence-corrected chi connectivity index (χ2v) is 5.36. The highest BCUT2D eigenvalue weighted by Gasteiger charge is 2.33. The molecule has 118 valence electrons. The number of ether oxygens (including phenoxy) is 1. The fourth-order valence-electron chi connectivity index (χ4n) is 2.43. The molecule has 0 aliphatic carbocycles. The van der Waals surface area contributed by atoms with E-state index in [2.05, 4.69) is 0 Å². The molecule has 1 aromatic rings. The monoisotopic (exact) mass is 307 g/mol. The highest BCUT2D eigenvalue weighted by molar-refractivity contribution is 5.49. The average molecular weight is 307 g/mol. The normalized spacial score (nSPS) is 18.6. The van der Waals surface area contributed by atoms with E-state index in [1.54, 1.807) is 7.05 Å². The summed E-state index contributed by atoms with van der Waals surface area (Å²) in [5, 5.41) is 10.4. The minimum atomic E-state index is -4.57. The minimum Gasteiger partial charge on any atom is -0.388 e. The lowest BCUT2D eigenvalue weighted by Crippen LogP contribution is -2.46. The van der Waals surface area contributed by atoms with E-state index in [1.807, 2.05) is 0 Å². The van der Waals surface area contributed by atoms with Gasteiger partial charge < -0.3 is 14.7 Å². The number of rotatable bonds is 3. The van der Waals surface area contributed by atoms with Crippen molar-refractivity contribution in [1.82, 2.24) is 0 Å². The van der Waals surface area contributed by atoms with Gasteiger partial charge in [-0.15, -0.1) is 0 Å². The van der Waals surface area contributed by atoms with Crippen LogP contribution < -0.4 is 4.90 Å². The molecule has 0 radical (unpaired) electrons. The molecule has 3 nitrogen and oxygen atoms in total. The second-order valence-electron chi connectivity index (χ2n) is 5.36. The van der Waals surface area contributed by atoms with E-state index in [0.29, 0.717) is 32.1 Å². The van der Waals surface area contributed by atoms with Gasteiger partial charge in [0.15, 0.2) is 0 Å². The van der Waals surface area contributed by atoms with Gasteiger partial charge in [0.05, 0.1) is 16.9 Å². The van der Waals surface area contributed by atoms with E-state index in [9.17, 15) is 22.7 Å². The van der Waals surface area contributed by atoms with Crippen LogP contribution in [0.15, 0.2) is 18.2 Å². The zero-order chi connectivity index (χ0) is 15.7. The lowest BCUT2D eigenvalue weighted by molar-refractivity contribution is -0.137. The molecule has 1 aliphatic heterocycles. The molecule has 0 amide bonds. The van der Waals surface area contributed by atoms with E-state index in [4.69, 9.17) is 4.74 Å². The Balaban J connectivity index is 2.14. The van der Waals surface area contributed by atoms with Crippen LogP contribution in [0.2, 0.25) is 0 Å². The van der Waals surface area contributed by atoms with Crippen LogP contribution in [0.5, 0.6) is 0 Å². The van der Waals surface area contributed by atoms with Crippen molar-refractivity contribution in [2.75, 3.05) is 31.7 Å². The van der Waals surface area contributed by atoms with Crippen LogP contribution in [0.1, 0.15) is 18.4 Å². The number of alkyl halides is 3. The third-order valence-corrected chi connectivity index (χ3v) is 3.64. The Bertz CT molecular complexity index is 498. The standard InChI is InChI=1S/C14H17F4NO2/c1-19(9-13(20)4-6-21-7-5-13)12-3-2-10(8-11(12)15)14(16,17)18/h2-3,8,20H,4-7,9H2,1H3. The van der Waals surface area contributed by atoms with Crippen molar-refractivity contribution >= 4 is 5.69 Å². The number of benzene rings is 1. The van der Waals surface area contributed by atoms with Gasteiger partial charge in [0.1, 0.15) is 5.82 Å². The molecular weight excluding hydrogens is 290 g/mol. The number of nitrogens with zero attached hydrogens (tertiary/aromatic N) is 1. The van der Waals surface area contributed by atoms with E-state index in [1.165, 1.54) is 4.90 Å². The lowest BCUT2D eigenvalue weighted by atomic mass is 9.93. The van der Waals surface area contributed by atoms with Crippen LogP contribution in [0.3, 0.4) is 0 Å². The molecule has 0 bridgehead atoms. The largest absolute Gasteiger partial charge is 0.416 e. The van der Waals surface area contributed by atoms with Crippen LogP contribution in [0.25, 0.3) is 0 Å². The number of aliphatic hydroxyl groups is 1. The van der Waals surface area contributed by atoms with Crippen LogP contribution in [0, 0.1) is 5.82 Å². The molecule has 0 unspecified atom stereocenters. The Morgan fingerprint density at radius 1 is 1.29 bits per heavy atom. The van der Waals surface area contributed by atoms with E-state index in [0.717, 1.165) is 12.1 Å². The van der Waals surface area contributed by atoms with Crippen molar-refractivity contribution in [1.29, 1.82) is 0 Å². The van der Waals surface area contributed by atoms with Gasteiger partial charge in [0.2, 0.25) is 0 Å². The lowest BCUT2D eigenvalue weighted by Gasteiger charge is -2.36.